The SMILES string of the molecule is Cc1cc([C@@H]2CCCN2Cc2cccc(F)c2F)on1. The predicted octanol–water partition coefficient (Wildman–Crippen LogP) is 3.60. The van der Waals surface area contributed by atoms with E-state index in [1.807, 2.05) is 13.0 Å². The molecule has 0 unspecified atom stereocenters. The first kappa shape index (κ1) is 13.2. The van der Waals surface area contributed by atoms with Crippen LogP contribution in [-0.4, -0.2) is 16.6 Å². The van der Waals surface area contributed by atoms with Gasteiger partial charge in [-0.1, -0.05) is 17.3 Å². The first-order chi connectivity index (χ1) is 9.65. The molecule has 2 aromatic rings. The Bertz CT molecular complexity index is 612. The van der Waals surface area contributed by atoms with Gasteiger partial charge in [-0.05, 0) is 32.4 Å². The van der Waals surface area contributed by atoms with E-state index in [4.69, 9.17) is 4.52 Å². The van der Waals surface area contributed by atoms with Crippen LogP contribution in [0.2, 0.25) is 0 Å². The first-order valence-corrected chi connectivity index (χ1v) is 6.75. The molecular formula is C15H16F2N2O. The van der Waals surface area contributed by atoms with Crippen LogP contribution in [0.5, 0.6) is 0 Å². The molecule has 3 nitrogen and oxygen atoms in total. The monoisotopic (exact) mass is 278 g/mol. The molecule has 1 aromatic carbocycles. The quantitative estimate of drug-likeness (QED) is 0.859. The third-order valence-corrected chi connectivity index (χ3v) is 3.74. The third-order valence-electron chi connectivity index (χ3n) is 3.74. The molecule has 1 aliphatic heterocycles. The second-order valence-electron chi connectivity index (χ2n) is 5.21. The lowest BCUT2D eigenvalue weighted by Crippen LogP contribution is -2.23. The van der Waals surface area contributed by atoms with Gasteiger partial charge in [0.2, 0.25) is 0 Å². The Hall–Kier alpha value is -1.75. The molecule has 106 valence electrons. The lowest BCUT2D eigenvalue weighted by Gasteiger charge is -2.22. The molecular weight excluding hydrogens is 262 g/mol. The highest BCUT2D eigenvalue weighted by atomic mass is 19.2. The molecule has 0 saturated carbocycles. The van der Waals surface area contributed by atoms with Crippen LogP contribution in [0.15, 0.2) is 28.8 Å². The highest BCUT2D eigenvalue weighted by Crippen LogP contribution is 2.33. The van der Waals surface area contributed by atoms with Gasteiger partial charge in [-0.2, -0.15) is 0 Å². The summed E-state index contributed by atoms with van der Waals surface area (Å²) in [6.45, 7) is 3.10. The molecule has 2 heterocycles. The molecule has 20 heavy (non-hydrogen) atoms. The molecule has 0 amide bonds. The topological polar surface area (TPSA) is 29.3 Å². The summed E-state index contributed by atoms with van der Waals surface area (Å²) in [5.74, 6) is -0.752. The van der Waals surface area contributed by atoms with Gasteiger partial charge >= 0.3 is 0 Å². The standard InChI is InChI=1S/C15H16F2N2O/c1-10-8-14(20-18-10)13-6-3-7-19(13)9-11-4-2-5-12(16)15(11)17/h2,4-5,8,13H,3,6-7,9H2,1H3/t13-/m0/s1. The molecule has 1 atom stereocenters. The molecule has 0 spiro atoms. The Morgan fingerprint density at radius 1 is 1.40 bits per heavy atom. The van der Waals surface area contributed by atoms with Crippen molar-refractivity contribution in [3.63, 3.8) is 0 Å². The van der Waals surface area contributed by atoms with Gasteiger partial charge < -0.3 is 4.52 Å². The first-order valence-electron chi connectivity index (χ1n) is 6.75. The second-order valence-corrected chi connectivity index (χ2v) is 5.21. The summed E-state index contributed by atoms with van der Waals surface area (Å²) in [4.78, 5) is 2.11. The highest BCUT2D eigenvalue weighted by molar-refractivity contribution is 5.20. The summed E-state index contributed by atoms with van der Waals surface area (Å²) < 4.78 is 32.3. The van der Waals surface area contributed by atoms with Crippen LogP contribution < -0.4 is 0 Å². The number of rotatable bonds is 3. The van der Waals surface area contributed by atoms with E-state index in [-0.39, 0.29) is 6.04 Å². The van der Waals surface area contributed by atoms with Crippen LogP contribution in [-0.2, 0) is 6.54 Å². The van der Waals surface area contributed by atoms with Crippen molar-refractivity contribution < 1.29 is 13.3 Å². The number of aryl methyl sites for hydroxylation is 1. The number of aromatic nitrogens is 1. The normalized spacial score (nSPS) is 19.6. The van der Waals surface area contributed by atoms with Crippen molar-refractivity contribution in [3.8, 4) is 0 Å². The molecule has 5 heteroatoms. The maximum atomic E-state index is 13.8. The number of benzene rings is 1. The van der Waals surface area contributed by atoms with E-state index in [0.717, 1.165) is 36.9 Å². The Morgan fingerprint density at radius 3 is 3.00 bits per heavy atom. The zero-order valence-corrected chi connectivity index (χ0v) is 11.3. The van der Waals surface area contributed by atoms with Crippen molar-refractivity contribution in [2.24, 2.45) is 0 Å². The third kappa shape index (κ3) is 2.45. The summed E-state index contributed by atoms with van der Waals surface area (Å²) in [7, 11) is 0. The van der Waals surface area contributed by atoms with Crippen molar-refractivity contribution in [2.75, 3.05) is 6.54 Å². The van der Waals surface area contributed by atoms with E-state index < -0.39 is 11.6 Å². The highest BCUT2D eigenvalue weighted by Gasteiger charge is 2.29. The van der Waals surface area contributed by atoms with Crippen LogP contribution in [0.4, 0.5) is 8.78 Å². The van der Waals surface area contributed by atoms with Crippen molar-refractivity contribution in [1.82, 2.24) is 10.1 Å². The molecule has 0 aliphatic carbocycles. The lowest BCUT2D eigenvalue weighted by atomic mass is 10.1. The van der Waals surface area contributed by atoms with E-state index in [1.165, 1.54) is 6.07 Å². The lowest BCUT2D eigenvalue weighted by molar-refractivity contribution is 0.204. The van der Waals surface area contributed by atoms with Gasteiger partial charge in [-0.3, -0.25) is 4.90 Å². The van der Waals surface area contributed by atoms with Gasteiger partial charge in [0.1, 0.15) is 0 Å². The summed E-state index contributed by atoms with van der Waals surface area (Å²) in [5, 5.41) is 3.90. The van der Waals surface area contributed by atoms with Crippen LogP contribution in [0, 0.1) is 18.6 Å². The Morgan fingerprint density at radius 2 is 2.25 bits per heavy atom. The number of hydrogen-bond acceptors (Lipinski definition) is 3. The smallest absolute Gasteiger partial charge is 0.163 e. The average molecular weight is 278 g/mol. The van der Waals surface area contributed by atoms with Crippen LogP contribution in [0.25, 0.3) is 0 Å². The predicted molar refractivity (Wildman–Crippen MR) is 70.0 cm³/mol. The van der Waals surface area contributed by atoms with Crippen LogP contribution in [0.1, 0.15) is 35.9 Å². The van der Waals surface area contributed by atoms with Gasteiger partial charge in [0.25, 0.3) is 0 Å². The maximum Gasteiger partial charge on any atom is 0.163 e. The summed E-state index contributed by atoms with van der Waals surface area (Å²) in [6.07, 6.45) is 1.97. The molecule has 0 bridgehead atoms. The Balaban J connectivity index is 1.81. The molecule has 1 fully saturated rings. The van der Waals surface area contributed by atoms with E-state index in [1.54, 1.807) is 6.07 Å². The van der Waals surface area contributed by atoms with Crippen molar-refractivity contribution >= 4 is 0 Å². The minimum atomic E-state index is -0.797. The maximum absolute atomic E-state index is 13.8. The summed E-state index contributed by atoms with van der Waals surface area (Å²) in [6, 6.07) is 6.31. The fraction of sp³-hybridized carbons (Fsp3) is 0.400. The zero-order valence-electron chi connectivity index (χ0n) is 11.3. The average Bonchev–Trinajstić information content (AvgIpc) is 3.03. The molecule has 1 aromatic heterocycles. The van der Waals surface area contributed by atoms with Crippen molar-refractivity contribution in [2.45, 2.75) is 32.4 Å². The molecule has 1 saturated heterocycles. The van der Waals surface area contributed by atoms with Gasteiger partial charge in [0, 0.05) is 18.2 Å². The van der Waals surface area contributed by atoms with Crippen molar-refractivity contribution in [3.05, 3.63) is 52.9 Å². The second kappa shape index (κ2) is 5.32. The largest absolute Gasteiger partial charge is 0.359 e. The zero-order chi connectivity index (χ0) is 14.1. The van der Waals surface area contributed by atoms with Gasteiger partial charge in [-0.15, -0.1) is 0 Å². The fourth-order valence-electron chi connectivity index (χ4n) is 2.77. The van der Waals surface area contributed by atoms with Gasteiger partial charge in [0.15, 0.2) is 17.4 Å². The summed E-state index contributed by atoms with van der Waals surface area (Å²) >= 11 is 0. The minimum Gasteiger partial charge on any atom is -0.359 e. The van der Waals surface area contributed by atoms with Crippen LogP contribution >= 0.6 is 0 Å². The fourth-order valence-corrected chi connectivity index (χ4v) is 2.77. The minimum absolute atomic E-state index is 0.0962. The number of nitrogens with zero attached hydrogens (tertiary/aromatic N) is 2. The van der Waals surface area contributed by atoms with Crippen molar-refractivity contribution in [1.29, 1.82) is 0 Å². The Labute approximate surface area is 116 Å². The molecule has 0 N–H and O–H groups in total. The van der Waals surface area contributed by atoms with E-state index in [2.05, 4.69) is 10.1 Å². The summed E-state index contributed by atoms with van der Waals surface area (Å²) in [5.41, 5.74) is 1.22. The molecule has 0 radical (unpaired) electrons. The molecule has 1 aliphatic rings. The number of hydrogen-bond donors (Lipinski definition) is 0. The van der Waals surface area contributed by atoms with Gasteiger partial charge in [0.05, 0.1) is 11.7 Å². The van der Waals surface area contributed by atoms with E-state index >= 15 is 0 Å². The van der Waals surface area contributed by atoms with E-state index in [0.29, 0.717) is 12.1 Å². The van der Waals surface area contributed by atoms with Crippen LogP contribution in [0.3, 0.4) is 0 Å². The number of halogens is 2. The van der Waals surface area contributed by atoms with E-state index in [9.17, 15) is 8.78 Å². The number of likely N-dealkylation sites (tertiary alicyclic amines) is 1. The van der Waals surface area contributed by atoms with Gasteiger partial charge in [-0.25, -0.2) is 8.78 Å². The molecule has 3 rings (SSSR count). The Kier molecular flexibility index (Phi) is 3.53.